The number of nitrogens with one attached hydrogen (secondary N) is 3. The average molecular weight is 293 g/mol. The van der Waals surface area contributed by atoms with E-state index in [-0.39, 0.29) is 18.4 Å². The molecule has 0 spiro atoms. The molecule has 2 amide bonds. The molecule has 1 aromatic carbocycles. The minimum Gasteiger partial charge on any atom is -0.385 e. The smallest absolute Gasteiger partial charge is 0.251 e. The van der Waals surface area contributed by atoms with Crippen molar-refractivity contribution in [2.75, 3.05) is 38.7 Å². The van der Waals surface area contributed by atoms with Crippen LogP contribution in [0.25, 0.3) is 0 Å². The van der Waals surface area contributed by atoms with E-state index in [2.05, 4.69) is 16.0 Å². The standard InChI is InChI=1S/C15H23N3O3/c1-3-16-11-14(19)18-13-7-5-12(6-8-13)15(20)17-9-4-10-21-2/h5-8,16H,3-4,9-11H2,1-2H3,(H,17,20)(H,18,19). The maximum Gasteiger partial charge on any atom is 0.251 e. The molecule has 0 aliphatic heterocycles. The minimum absolute atomic E-state index is 0.103. The molecule has 0 heterocycles. The van der Waals surface area contributed by atoms with E-state index in [1.54, 1.807) is 31.4 Å². The van der Waals surface area contributed by atoms with Crippen LogP contribution >= 0.6 is 0 Å². The lowest BCUT2D eigenvalue weighted by Gasteiger charge is -2.07. The van der Waals surface area contributed by atoms with Gasteiger partial charge in [-0.1, -0.05) is 6.92 Å². The van der Waals surface area contributed by atoms with Crippen molar-refractivity contribution >= 4 is 17.5 Å². The summed E-state index contributed by atoms with van der Waals surface area (Å²) in [4.78, 5) is 23.4. The normalized spacial score (nSPS) is 10.2. The average Bonchev–Trinajstić information content (AvgIpc) is 2.50. The summed E-state index contributed by atoms with van der Waals surface area (Å²) in [5.41, 5.74) is 1.24. The highest BCUT2D eigenvalue weighted by Crippen LogP contribution is 2.09. The maximum absolute atomic E-state index is 11.8. The van der Waals surface area contributed by atoms with Gasteiger partial charge in [-0.3, -0.25) is 9.59 Å². The number of likely N-dealkylation sites (N-methyl/N-ethyl adjacent to an activating group) is 1. The van der Waals surface area contributed by atoms with Crippen molar-refractivity contribution < 1.29 is 14.3 Å². The number of benzene rings is 1. The molecule has 0 radical (unpaired) electrons. The number of amides is 2. The third-order valence-corrected chi connectivity index (χ3v) is 2.78. The number of anilines is 1. The Morgan fingerprint density at radius 2 is 1.90 bits per heavy atom. The van der Waals surface area contributed by atoms with Gasteiger partial charge in [0.1, 0.15) is 0 Å². The van der Waals surface area contributed by atoms with Gasteiger partial charge in [-0.25, -0.2) is 0 Å². The second kappa shape index (κ2) is 9.90. The zero-order valence-corrected chi connectivity index (χ0v) is 12.6. The first-order chi connectivity index (χ1) is 10.2. The molecule has 6 nitrogen and oxygen atoms in total. The SMILES string of the molecule is CCNCC(=O)Nc1ccc(C(=O)NCCCOC)cc1. The van der Waals surface area contributed by atoms with Gasteiger partial charge in [0.25, 0.3) is 5.91 Å². The van der Waals surface area contributed by atoms with Gasteiger partial charge in [0.2, 0.25) is 5.91 Å². The molecule has 6 heteroatoms. The summed E-state index contributed by atoms with van der Waals surface area (Å²) in [6, 6.07) is 6.81. The van der Waals surface area contributed by atoms with Gasteiger partial charge in [0.05, 0.1) is 6.54 Å². The van der Waals surface area contributed by atoms with Crippen molar-refractivity contribution in [3.05, 3.63) is 29.8 Å². The number of ether oxygens (including phenoxy) is 1. The Balaban J connectivity index is 2.42. The van der Waals surface area contributed by atoms with Gasteiger partial charge in [-0.05, 0) is 37.2 Å². The summed E-state index contributed by atoms with van der Waals surface area (Å²) >= 11 is 0. The van der Waals surface area contributed by atoms with Crippen molar-refractivity contribution in [1.82, 2.24) is 10.6 Å². The van der Waals surface area contributed by atoms with Crippen molar-refractivity contribution in [2.45, 2.75) is 13.3 Å². The zero-order valence-electron chi connectivity index (χ0n) is 12.6. The van der Waals surface area contributed by atoms with Crippen LogP contribution in [-0.4, -0.2) is 45.2 Å². The van der Waals surface area contributed by atoms with E-state index < -0.39 is 0 Å². The lowest BCUT2D eigenvalue weighted by Crippen LogP contribution is -2.28. The number of hydrogen-bond acceptors (Lipinski definition) is 4. The molecular formula is C15H23N3O3. The van der Waals surface area contributed by atoms with Crippen LogP contribution in [0.1, 0.15) is 23.7 Å². The van der Waals surface area contributed by atoms with Crippen LogP contribution in [0.2, 0.25) is 0 Å². The Kier molecular flexibility index (Phi) is 8.08. The first-order valence-corrected chi connectivity index (χ1v) is 7.05. The number of carbonyl (C=O) groups excluding carboxylic acids is 2. The first kappa shape index (κ1) is 17.1. The summed E-state index contributed by atoms with van der Waals surface area (Å²) in [5.74, 6) is -0.231. The number of methoxy groups -OCH3 is 1. The molecule has 1 aromatic rings. The van der Waals surface area contributed by atoms with Crippen LogP contribution in [0.15, 0.2) is 24.3 Å². The van der Waals surface area contributed by atoms with Crippen molar-refractivity contribution in [1.29, 1.82) is 0 Å². The quantitative estimate of drug-likeness (QED) is 0.594. The number of hydrogen-bond donors (Lipinski definition) is 3. The highest BCUT2D eigenvalue weighted by molar-refractivity contribution is 5.96. The molecule has 0 bridgehead atoms. The molecule has 21 heavy (non-hydrogen) atoms. The summed E-state index contributed by atoms with van der Waals surface area (Å²) in [7, 11) is 1.63. The molecule has 1 rings (SSSR count). The summed E-state index contributed by atoms with van der Waals surface area (Å²) in [6.07, 6.45) is 0.779. The summed E-state index contributed by atoms with van der Waals surface area (Å²) in [6.45, 7) is 4.16. The molecule has 0 saturated heterocycles. The molecule has 0 aromatic heterocycles. The predicted molar refractivity (Wildman–Crippen MR) is 82.4 cm³/mol. The van der Waals surface area contributed by atoms with E-state index in [4.69, 9.17) is 4.74 Å². The van der Waals surface area contributed by atoms with Gasteiger partial charge in [-0.15, -0.1) is 0 Å². The zero-order chi connectivity index (χ0) is 15.5. The van der Waals surface area contributed by atoms with Crippen LogP contribution in [-0.2, 0) is 9.53 Å². The highest BCUT2D eigenvalue weighted by atomic mass is 16.5. The predicted octanol–water partition coefficient (Wildman–Crippen LogP) is 1.00. The Morgan fingerprint density at radius 3 is 2.52 bits per heavy atom. The Morgan fingerprint density at radius 1 is 1.19 bits per heavy atom. The van der Waals surface area contributed by atoms with Crippen LogP contribution < -0.4 is 16.0 Å². The van der Waals surface area contributed by atoms with E-state index in [1.165, 1.54) is 0 Å². The van der Waals surface area contributed by atoms with E-state index >= 15 is 0 Å². The van der Waals surface area contributed by atoms with Crippen LogP contribution in [0.5, 0.6) is 0 Å². The van der Waals surface area contributed by atoms with Crippen molar-refractivity contribution in [3.8, 4) is 0 Å². The van der Waals surface area contributed by atoms with E-state index in [1.807, 2.05) is 6.92 Å². The first-order valence-electron chi connectivity index (χ1n) is 7.05. The highest BCUT2D eigenvalue weighted by Gasteiger charge is 2.06. The van der Waals surface area contributed by atoms with Gasteiger partial charge in [-0.2, -0.15) is 0 Å². The topological polar surface area (TPSA) is 79.5 Å². The van der Waals surface area contributed by atoms with E-state index in [0.29, 0.717) is 24.4 Å². The van der Waals surface area contributed by atoms with Crippen LogP contribution in [0.4, 0.5) is 5.69 Å². The summed E-state index contributed by atoms with van der Waals surface area (Å²) in [5, 5.41) is 8.50. The molecule has 0 unspecified atom stereocenters. The van der Waals surface area contributed by atoms with Crippen molar-refractivity contribution in [2.24, 2.45) is 0 Å². The Bertz CT molecular complexity index is 446. The van der Waals surface area contributed by atoms with Gasteiger partial charge >= 0.3 is 0 Å². The monoisotopic (exact) mass is 293 g/mol. The van der Waals surface area contributed by atoms with E-state index in [0.717, 1.165) is 13.0 Å². The molecule has 0 aliphatic rings. The van der Waals surface area contributed by atoms with Crippen LogP contribution in [0.3, 0.4) is 0 Å². The molecular weight excluding hydrogens is 270 g/mol. The molecule has 0 aliphatic carbocycles. The van der Waals surface area contributed by atoms with Gasteiger partial charge in [0, 0.05) is 31.5 Å². The number of carbonyl (C=O) groups is 2. The Hall–Kier alpha value is -1.92. The molecule has 0 fully saturated rings. The minimum atomic E-state index is -0.128. The summed E-state index contributed by atoms with van der Waals surface area (Å²) < 4.78 is 4.91. The van der Waals surface area contributed by atoms with Gasteiger partial charge in [0.15, 0.2) is 0 Å². The van der Waals surface area contributed by atoms with Crippen molar-refractivity contribution in [3.63, 3.8) is 0 Å². The fourth-order valence-corrected chi connectivity index (χ4v) is 1.67. The fraction of sp³-hybridized carbons (Fsp3) is 0.467. The van der Waals surface area contributed by atoms with E-state index in [9.17, 15) is 9.59 Å². The molecule has 116 valence electrons. The molecule has 0 saturated carbocycles. The largest absolute Gasteiger partial charge is 0.385 e. The van der Waals surface area contributed by atoms with Gasteiger partial charge < -0.3 is 20.7 Å². The molecule has 3 N–H and O–H groups in total. The second-order valence-electron chi connectivity index (χ2n) is 4.51. The Labute approximate surface area is 125 Å². The third-order valence-electron chi connectivity index (χ3n) is 2.78. The second-order valence-corrected chi connectivity index (χ2v) is 4.51. The molecule has 0 atom stereocenters. The third kappa shape index (κ3) is 6.87. The fourth-order valence-electron chi connectivity index (χ4n) is 1.67. The lowest BCUT2D eigenvalue weighted by molar-refractivity contribution is -0.115. The maximum atomic E-state index is 11.8. The number of rotatable bonds is 9. The van der Waals surface area contributed by atoms with Crippen LogP contribution in [0, 0.1) is 0 Å². The lowest BCUT2D eigenvalue weighted by atomic mass is 10.2.